The zero-order valence-electron chi connectivity index (χ0n) is 13.4. The number of aliphatic hydroxyl groups is 2. The molecule has 4 N–H and O–H groups in total. The molecule has 0 heterocycles. The van der Waals surface area contributed by atoms with Crippen molar-refractivity contribution >= 4 is 0 Å². The number of hydrogen-bond donors (Lipinski definition) is 4. The third-order valence-corrected chi connectivity index (χ3v) is 3.34. The van der Waals surface area contributed by atoms with Crippen molar-refractivity contribution in [2.75, 3.05) is 26.3 Å². The van der Waals surface area contributed by atoms with Crippen LogP contribution in [-0.2, 0) is 6.61 Å². The maximum absolute atomic E-state index is 9.90. The van der Waals surface area contributed by atoms with Gasteiger partial charge in [-0.15, -0.1) is 0 Å². The second-order valence-electron chi connectivity index (χ2n) is 5.28. The molecule has 0 fully saturated rings. The summed E-state index contributed by atoms with van der Waals surface area (Å²) in [5.41, 5.74) is 0.694. The molecule has 1 atom stereocenters. The van der Waals surface area contributed by atoms with Gasteiger partial charge in [-0.1, -0.05) is 18.2 Å². The van der Waals surface area contributed by atoms with Gasteiger partial charge in [0.1, 0.15) is 36.6 Å². The van der Waals surface area contributed by atoms with Gasteiger partial charge in [-0.25, -0.2) is 0 Å². The lowest BCUT2D eigenvalue weighted by Crippen LogP contribution is -2.33. The molecule has 1 unspecified atom stereocenters. The number of benzene rings is 2. The van der Waals surface area contributed by atoms with Crippen LogP contribution in [0.4, 0.5) is 0 Å². The first-order valence-corrected chi connectivity index (χ1v) is 7.81. The van der Waals surface area contributed by atoms with Crippen LogP contribution in [0.1, 0.15) is 5.56 Å². The number of nitrogens with one attached hydrogen (secondary N) is 1. The third-order valence-electron chi connectivity index (χ3n) is 3.34. The van der Waals surface area contributed by atoms with E-state index in [4.69, 9.17) is 9.47 Å². The normalized spacial score (nSPS) is 11.9. The van der Waals surface area contributed by atoms with E-state index in [1.54, 1.807) is 36.4 Å². The zero-order chi connectivity index (χ0) is 17.2. The summed E-state index contributed by atoms with van der Waals surface area (Å²) in [6.07, 6.45) is -0.662. The molecular weight excluding hydrogens is 310 g/mol. The van der Waals surface area contributed by atoms with Crippen molar-refractivity contribution in [2.45, 2.75) is 12.7 Å². The van der Waals surface area contributed by atoms with Crippen molar-refractivity contribution in [3.05, 3.63) is 54.1 Å². The Morgan fingerprint density at radius 3 is 2.50 bits per heavy atom. The fraction of sp³-hybridized carbons (Fsp3) is 0.333. The van der Waals surface area contributed by atoms with E-state index < -0.39 is 6.10 Å². The number of aromatic hydroxyl groups is 1. The maximum atomic E-state index is 9.90. The molecule has 0 spiro atoms. The van der Waals surface area contributed by atoms with E-state index in [2.05, 4.69) is 5.32 Å². The summed E-state index contributed by atoms with van der Waals surface area (Å²) in [6.45, 7) is 1.44. The average Bonchev–Trinajstić information content (AvgIpc) is 2.61. The van der Waals surface area contributed by atoms with E-state index in [-0.39, 0.29) is 19.0 Å². The Kier molecular flexibility index (Phi) is 7.35. The standard InChI is InChI=1S/C18H23NO5/c20-12-14-3-1-2-4-18(14)24-13-16(22)11-19-9-10-23-17-7-5-15(21)6-8-17/h1-8,16,19-22H,9-13H2. The van der Waals surface area contributed by atoms with Gasteiger partial charge >= 0.3 is 0 Å². The highest BCUT2D eigenvalue weighted by Crippen LogP contribution is 2.17. The summed E-state index contributed by atoms with van der Waals surface area (Å²) in [6, 6.07) is 13.7. The summed E-state index contributed by atoms with van der Waals surface area (Å²) in [5, 5.41) is 31.4. The molecule has 0 aliphatic heterocycles. The molecule has 0 aromatic heterocycles. The largest absolute Gasteiger partial charge is 0.508 e. The highest BCUT2D eigenvalue weighted by molar-refractivity contribution is 5.32. The molecule has 6 nitrogen and oxygen atoms in total. The quantitative estimate of drug-likeness (QED) is 0.490. The van der Waals surface area contributed by atoms with Crippen LogP contribution in [0.25, 0.3) is 0 Å². The summed E-state index contributed by atoms with van der Waals surface area (Å²) >= 11 is 0. The van der Waals surface area contributed by atoms with Crippen LogP contribution in [0, 0.1) is 0 Å². The predicted octanol–water partition coefficient (Wildman–Crippen LogP) is 1.29. The topological polar surface area (TPSA) is 91.2 Å². The summed E-state index contributed by atoms with van der Waals surface area (Å²) in [5.74, 6) is 1.46. The van der Waals surface area contributed by atoms with Crippen LogP contribution in [0.3, 0.4) is 0 Å². The zero-order valence-corrected chi connectivity index (χ0v) is 13.4. The minimum Gasteiger partial charge on any atom is -0.508 e. The smallest absolute Gasteiger partial charge is 0.124 e. The summed E-state index contributed by atoms with van der Waals surface area (Å²) in [7, 11) is 0. The van der Waals surface area contributed by atoms with Crippen molar-refractivity contribution in [2.24, 2.45) is 0 Å². The molecule has 2 rings (SSSR count). The number of hydrogen-bond acceptors (Lipinski definition) is 6. The molecule has 0 bridgehead atoms. The van der Waals surface area contributed by atoms with Crippen molar-refractivity contribution in [3.63, 3.8) is 0 Å². The van der Waals surface area contributed by atoms with Gasteiger partial charge in [0.15, 0.2) is 0 Å². The molecular formula is C18H23NO5. The summed E-state index contributed by atoms with van der Waals surface area (Å²) in [4.78, 5) is 0. The molecule has 24 heavy (non-hydrogen) atoms. The van der Waals surface area contributed by atoms with Crippen LogP contribution < -0.4 is 14.8 Å². The van der Waals surface area contributed by atoms with Crippen LogP contribution >= 0.6 is 0 Å². The second kappa shape index (κ2) is 9.77. The molecule has 2 aromatic rings. The van der Waals surface area contributed by atoms with Crippen LogP contribution in [0.15, 0.2) is 48.5 Å². The molecule has 0 radical (unpaired) electrons. The second-order valence-corrected chi connectivity index (χ2v) is 5.28. The molecule has 130 valence electrons. The van der Waals surface area contributed by atoms with E-state index in [1.807, 2.05) is 12.1 Å². The Morgan fingerprint density at radius 1 is 1.00 bits per heavy atom. The Hall–Kier alpha value is -2.28. The number of phenols is 1. The SMILES string of the molecule is OCc1ccccc1OCC(O)CNCCOc1ccc(O)cc1. The van der Waals surface area contributed by atoms with E-state index in [9.17, 15) is 15.3 Å². The van der Waals surface area contributed by atoms with Gasteiger partial charge in [0.05, 0.1) is 6.61 Å². The lowest BCUT2D eigenvalue weighted by Gasteiger charge is -2.15. The van der Waals surface area contributed by atoms with Crippen LogP contribution in [0.5, 0.6) is 17.2 Å². The molecule has 0 amide bonds. The van der Waals surface area contributed by atoms with Crippen molar-refractivity contribution in [1.82, 2.24) is 5.32 Å². The number of para-hydroxylation sites is 1. The van der Waals surface area contributed by atoms with Crippen LogP contribution in [-0.4, -0.2) is 47.7 Å². The fourth-order valence-electron chi connectivity index (χ4n) is 2.07. The van der Waals surface area contributed by atoms with Gasteiger partial charge in [-0.2, -0.15) is 0 Å². The van der Waals surface area contributed by atoms with Gasteiger partial charge in [0.2, 0.25) is 0 Å². The Morgan fingerprint density at radius 2 is 1.75 bits per heavy atom. The monoisotopic (exact) mass is 333 g/mol. The first kappa shape index (κ1) is 18.1. The number of ether oxygens (including phenoxy) is 2. The maximum Gasteiger partial charge on any atom is 0.124 e. The Balaban J connectivity index is 1.59. The average molecular weight is 333 g/mol. The van der Waals surface area contributed by atoms with Gasteiger partial charge < -0.3 is 30.1 Å². The lowest BCUT2D eigenvalue weighted by atomic mass is 10.2. The number of phenolic OH excluding ortho intramolecular Hbond substituents is 1. The number of rotatable bonds is 10. The Labute approximate surface area is 141 Å². The van der Waals surface area contributed by atoms with Gasteiger partial charge in [0, 0.05) is 18.7 Å². The van der Waals surface area contributed by atoms with E-state index >= 15 is 0 Å². The highest BCUT2D eigenvalue weighted by Gasteiger charge is 2.07. The molecule has 2 aromatic carbocycles. The molecule has 0 saturated heterocycles. The third kappa shape index (κ3) is 6.08. The summed E-state index contributed by atoms with van der Waals surface area (Å²) < 4.78 is 11.0. The first-order valence-electron chi connectivity index (χ1n) is 7.81. The first-order chi connectivity index (χ1) is 11.7. The van der Waals surface area contributed by atoms with Crippen molar-refractivity contribution in [3.8, 4) is 17.2 Å². The Bertz CT molecular complexity index is 603. The predicted molar refractivity (Wildman–Crippen MR) is 90.3 cm³/mol. The highest BCUT2D eigenvalue weighted by atomic mass is 16.5. The molecule has 0 aliphatic carbocycles. The lowest BCUT2D eigenvalue weighted by molar-refractivity contribution is 0.104. The minimum absolute atomic E-state index is 0.0981. The molecule has 6 heteroatoms. The fourth-order valence-corrected chi connectivity index (χ4v) is 2.07. The van der Waals surface area contributed by atoms with E-state index in [0.29, 0.717) is 36.8 Å². The van der Waals surface area contributed by atoms with Gasteiger partial charge in [-0.3, -0.25) is 0 Å². The minimum atomic E-state index is -0.662. The van der Waals surface area contributed by atoms with E-state index in [1.165, 1.54) is 0 Å². The molecule has 0 saturated carbocycles. The van der Waals surface area contributed by atoms with Gasteiger partial charge in [-0.05, 0) is 30.3 Å². The van der Waals surface area contributed by atoms with Crippen LogP contribution in [0.2, 0.25) is 0 Å². The van der Waals surface area contributed by atoms with Crippen molar-refractivity contribution in [1.29, 1.82) is 0 Å². The van der Waals surface area contributed by atoms with Gasteiger partial charge in [0.25, 0.3) is 0 Å². The molecule has 0 aliphatic rings. The number of aliphatic hydroxyl groups excluding tert-OH is 2. The van der Waals surface area contributed by atoms with E-state index in [0.717, 1.165) is 0 Å². The van der Waals surface area contributed by atoms with Crippen molar-refractivity contribution < 1.29 is 24.8 Å².